The number of alkyl halides is 1. The summed E-state index contributed by atoms with van der Waals surface area (Å²) in [5, 5.41) is 0. The maximum Gasteiger partial charge on any atom is 0.197 e. The zero-order chi connectivity index (χ0) is 11.6. The quantitative estimate of drug-likeness (QED) is 0.701. The predicted molar refractivity (Wildman–Crippen MR) is 55.4 cm³/mol. The Kier molecular flexibility index (Phi) is 4.29. The largest absolute Gasteiger partial charge is 0.376 e. The van der Waals surface area contributed by atoms with Gasteiger partial charge >= 0.3 is 0 Å². The van der Waals surface area contributed by atoms with Gasteiger partial charge in [0.1, 0.15) is 12.2 Å². The van der Waals surface area contributed by atoms with Crippen LogP contribution in [0.15, 0.2) is 0 Å². The van der Waals surface area contributed by atoms with Crippen molar-refractivity contribution >= 4 is 7.37 Å². The smallest absolute Gasteiger partial charge is 0.197 e. The van der Waals surface area contributed by atoms with E-state index in [9.17, 15) is 8.96 Å². The molecule has 6 heteroatoms. The van der Waals surface area contributed by atoms with Crippen molar-refractivity contribution in [1.29, 1.82) is 0 Å². The Morgan fingerprint density at radius 1 is 1.47 bits per heavy atom. The number of methoxy groups -OCH3 is 1. The van der Waals surface area contributed by atoms with Gasteiger partial charge in [-0.05, 0) is 6.92 Å². The van der Waals surface area contributed by atoms with Crippen molar-refractivity contribution in [3.05, 3.63) is 0 Å². The third kappa shape index (κ3) is 3.52. The summed E-state index contributed by atoms with van der Waals surface area (Å²) in [6, 6.07) is 0. The second kappa shape index (κ2) is 4.91. The van der Waals surface area contributed by atoms with Crippen LogP contribution in [0.4, 0.5) is 4.39 Å². The molecule has 0 radical (unpaired) electrons. The van der Waals surface area contributed by atoms with E-state index in [2.05, 4.69) is 0 Å². The van der Waals surface area contributed by atoms with Crippen LogP contribution in [0.25, 0.3) is 0 Å². The minimum atomic E-state index is -2.55. The first-order valence-corrected chi connectivity index (χ1v) is 7.39. The monoisotopic (exact) mass is 240 g/mol. The van der Waals surface area contributed by atoms with Crippen LogP contribution in [0.1, 0.15) is 6.92 Å². The lowest BCUT2D eigenvalue weighted by Crippen LogP contribution is -2.33. The van der Waals surface area contributed by atoms with Gasteiger partial charge in [0, 0.05) is 20.4 Å². The average Bonchev–Trinajstić information content (AvgIpc) is 2.38. The van der Waals surface area contributed by atoms with Crippen LogP contribution in [-0.2, 0) is 18.6 Å². The van der Waals surface area contributed by atoms with E-state index in [0.29, 0.717) is 0 Å². The third-order valence-corrected chi connectivity index (χ3v) is 3.11. The molecule has 1 aliphatic heterocycles. The standard InChI is InChI=1S/C9H18FO4P/c1-6-8(10)9(12-2)7(14-6)5-13-15(3,4)11/h6-9H,5H2,1-4H3. The lowest BCUT2D eigenvalue weighted by atomic mass is 10.1. The Hall–Kier alpha value is 0.0400. The van der Waals surface area contributed by atoms with E-state index in [1.165, 1.54) is 20.4 Å². The van der Waals surface area contributed by atoms with Crippen molar-refractivity contribution in [2.24, 2.45) is 0 Å². The van der Waals surface area contributed by atoms with Gasteiger partial charge in [-0.25, -0.2) is 4.39 Å². The molecule has 0 aliphatic carbocycles. The highest BCUT2D eigenvalue weighted by Gasteiger charge is 2.43. The maximum atomic E-state index is 13.5. The lowest BCUT2D eigenvalue weighted by Gasteiger charge is -2.18. The molecule has 0 spiro atoms. The molecule has 1 aliphatic rings. The summed E-state index contributed by atoms with van der Waals surface area (Å²) in [6.07, 6.45) is -2.77. The molecule has 0 aromatic rings. The summed E-state index contributed by atoms with van der Waals surface area (Å²) in [5.74, 6) is 0. The van der Waals surface area contributed by atoms with E-state index >= 15 is 0 Å². The fraction of sp³-hybridized carbons (Fsp3) is 1.00. The Balaban J connectivity index is 2.52. The summed E-state index contributed by atoms with van der Waals surface area (Å²) in [4.78, 5) is 0. The van der Waals surface area contributed by atoms with Crippen LogP contribution in [0.5, 0.6) is 0 Å². The molecule has 90 valence electrons. The molecule has 1 saturated heterocycles. The van der Waals surface area contributed by atoms with Gasteiger partial charge in [-0.2, -0.15) is 0 Å². The molecular weight excluding hydrogens is 222 g/mol. The number of ether oxygens (including phenoxy) is 2. The van der Waals surface area contributed by atoms with E-state index in [4.69, 9.17) is 14.0 Å². The second-order valence-corrected chi connectivity index (χ2v) is 6.83. The first kappa shape index (κ1) is 13.1. The summed E-state index contributed by atoms with van der Waals surface area (Å²) >= 11 is 0. The Labute approximate surface area is 89.5 Å². The molecule has 4 atom stereocenters. The van der Waals surface area contributed by atoms with Crippen molar-refractivity contribution < 1.29 is 23.0 Å². The van der Waals surface area contributed by atoms with Crippen LogP contribution in [0, 0.1) is 0 Å². The van der Waals surface area contributed by atoms with Crippen molar-refractivity contribution in [3.8, 4) is 0 Å². The lowest BCUT2D eigenvalue weighted by molar-refractivity contribution is -0.0253. The van der Waals surface area contributed by atoms with Gasteiger partial charge in [0.05, 0.1) is 12.7 Å². The molecule has 1 heterocycles. The molecule has 15 heavy (non-hydrogen) atoms. The minimum Gasteiger partial charge on any atom is -0.376 e. The molecule has 0 bridgehead atoms. The first-order chi connectivity index (χ1) is 6.85. The van der Waals surface area contributed by atoms with E-state index in [-0.39, 0.29) is 6.61 Å². The van der Waals surface area contributed by atoms with E-state index in [1.807, 2.05) is 0 Å². The highest BCUT2D eigenvalue weighted by Crippen LogP contribution is 2.38. The zero-order valence-corrected chi connectivity index (χ0v) is 10.4. The van der Waals surface area contributed by atoms with E-state index < -0.39 is 31.9 Å². The predicted octanol–water partition coefficient (Wildman–Crippen LogP) is 1.68. The topological polar surface area (TPSA) is 44.8 Å². The van der Waals surface area contributed by atoms with E-state index in [1.54, 1.807) is 6.92 Å². The third-order valence-electron chi connectivity index (χ3n) is 2.34. The Morgan fingerprint density at radius 3 is 2.53 bits per heavy atom. The van der Waals surface area contributed by atoms with Crippen molar-refractivity contribution in [2.75, 3.05) is 27.0 Å². The molecule has 0 aromatic heterocycles. The fourth-order valence-corrected chi connectivity index (χ4v) is 2.08. The number of hydrogen-bond acceptors (Lipinski definition) is 4. The second-order valence-electron chi connectivity index (χ2n) is 4.07. The van der Waals surface area contributed by atoms with Gasteiger partial charge in [-0.1, -0.05) is 0 Å². The molecule has 1 rings (SSSR count). The number of hydrogen-bond donors (Lipinski definition) is 0. The number of rotatable bonds is 4. The molecular formula is C9H18FO4P. The summed E-state index contributed by atoms with van der Waals surface area (Å²) in [7, 11) is -1.12. The molecule has 4 unspecified atom stereocenters. The van der Waals surface area contributed by atoms with Gasteiger partial charge in [-0.3, -0.25) is 4.57 Å². The maximum absolute atomic E-state index is 13.5. The van der Waals surface area contributed by atoms with Crippen molar-refractivity contribution in [3.63, 3.8) is 0 Å². The van der Waals surface area contributed by atoms with Gasteiger partial charge in [-0.15, -0.1) is 0 Å². The molecule has 0 amide bonds. The van der Waals surface area contributed by atoms with Crippen LogP contribution in [0.2, 0.25) is 0 Å². The van der Waals surface area contributed by atoms with Crippen molar-refractivity contribution in [2.45, 2.75) is 31.4 Å². The highest BCUT2D eigenvalue weighted by atomic mass is 31.2. The fourth-order valence-electron chi connectivity index (χ4n) is 1.57. The normalized spacial score (nSPS) is 37.1. The van der Waals surface area contributed by atoms with Gasteiger partial charge in [0.25, 0.3) is 0 Å². The minimum absolute atomic E-state index is 0.105. The number of halogens is 1. The van der Waals surface area contributed by atoms with Crippen LogP contribution in [0.3, 0.4) is 0 Å². The Bertz CT molecular complexity index is 254. The van der Waals surface area contributed by atoms with Crippen LogP contribution < -0.4 is 0 Å². The molecule has 1 fully saturated rings. The Morgan fingerprint density at radius 2 is 2.07 bits per heavy atom. The summed E-state index contributed by atoms with van der Waals surface area (Å²) in [6.45, 7) is 4.78. The zero-order valence-electron chi connectivity index (χ0n) is 9.47. The SMILES string of the molecule is COC1C(COP(C)(C)=O)OC(C)C1F. The van der Waals surface area contributed by atoms with E-state index in [0.717, 1.165) is 0 Å². The molecule has 0 saturated carbocycles. The van der Waals surface area contributed by atoms with Crippen LogP contribution in [-0.4, -0.2) is 51.5 Å². The van der Waals surface area contributed by atoms with Gasteiger partial charge in [0.2, 0.25) is 0 Å². The first-order valence-electron chi connectivity index (χ1n) is 4.87. The molecule has 0 N–H and O–H groups in total. The average molecular weight is 240 g/mol. The van der Waals surface area contributed by atoms with Crippen LogP contribution >= 0.6 is 7.37 Å². The molecule has 0 aromatic carbocycles. The summed E-state index contributed by atoms with van der Waals surface area (Å²) in [5.41, 5.74) is 0. The molecule has 4 nitrogen and oxygen atoms in total. The highest BCUT2D eigenvalue weighted by molar-refractivity contribution is 7.57. The van der Waals surface area contributed by atoms with Gasteiger partial charge < -0.3 is 14.0 Å². The summed E-state index contributed by atoms with van der Waals surface area (Å²) < 4.78 is 40.2. The van der Waals surface area contributed by atoms with Gasteiger partial charge in [0.15, 0.2) is 13.5 Å². The van der Waals surface area contributed by atoms with Crippen molar-refractivity contribution in [1.82, 2.24) is 0 Å².